The maximum absolute atomic E-state index is 11.8. The summed E-state index contributed by atoms with van der Waals surface area (Å²) in [5, 5.41) is 11.7. The maximum atomic E-state index is 11.8. The lowest BCUT2D eigenvalue weighted by Crippen LogP contribution is -2.53. The van der Waals surface area contributed by atoms with Gasteiger partial charge in [-0.2, -0.15) is 0 Å². The van der Waals surface area contributed by atoms with E-state index in [0.717, 1.165) is 12.1 Å². The fourth-order valence-corrected chi connectivity index (χ4v) is 2.93. The molecule has 0 aliphatic carbocycles. The molecule has 0 spiro atoms. The Morgan fingerprint density at radius 1 is 1.33 bits per heavy atom. The van der Waals surface area contributed by atoms with Crippen molar-refractivity contribution in [2.45, 2.75) is 26.1 Å². The third-order valence-corrected chi connectivity index (χ3v) is 4.48. The molecule has 1 fully saturated rings. The van der Waals surface area contributed by atoms with Crippen LogP contribution in [0, 0.1) is 0 Å². The number of carboxylic acid groups (broad SMARTS) is 1. The molecule has 1 aliphatic rings. The van der Waals surface area contributed by atoms with E-state index in [1.807, 2.05) is 19.1 Å². The zero-order chi connectivity index (χ0) is 19.4. The van der Waals surface area contributed by atoms with Gasteiger partial charge in [0, 0.05) is 19.6 Å². The first-order chi connectivity index (χ1) is 13.0. The second kappa shape index (κ2) is 8.13. The highest BCUT2D eigenvalue weighted by Gasteiger charge is 2.25. The Morgan fingerprint density at radius 2 is 2.15 bits per heavy atom. The number of benzene rings is 1. The predicted octanol–water partition coefficient (Wildman–Crippen LogP) is 1.89. The normalized spacial score (nSPS) is 17.4. The number of piperazine rings is 1. The summed E-state index contributed by atoms with van der Waals surface area (Å²) in [7, 11) is 1.55. The third-order valence-electron chi connectivity index (χ3n) is 4.48. The molecule has 2 aromatic rings. The van der Waals surface area contributed by atoms with Crippen molar-refractivity contribution in [3.05, 3.63) is 47.4 Å². The predicted molar refractivity (Wildman–Crippen MR) is 95.9 cm³/mol. The Hall–Kier alpha value is -3.00. The van der Waals surface area contributed by atoms with Gasteiger partial charge in [0.05, 0.1) is 13.2 Å². The summed E-state index contributed by atoms with van der Waals surface area (Å²) in [5.41, 5.74) is 1.01. The molecule has 1 saturated heterocycles. The van der Waals surface area contributed by atoms with E-state index in [2.05, 4.69) is 10.2 Å². The Labute approximate surface area is 156 Å². The van der Waals surface area contributed by atoms with Crippen LogP contribution in [0.25, 0.3) is 0 Å². The molecule has 2 N–H and O–H groups in total. The lowest BCUT2D eigenvalue weighted by molar-refractivity contribution is -0.128. The van der Waals surface area contributed by atoms with Crippen molar-refractivity contribution in [2.75, 3.05) is 20.2 Å². The van der Waals surface area contributed by atoms with Gasteiger partial charge in [0.2, 0.25) is 11.7 Å². The molecule has 1 unspecified atom stereocenters. The molecule has 0 radical (unpaired) electrons. The van der Waals surface area contributed by atoms with Crippen LogP contribution in [0.1, 0.15) is 28.8 Å². The molecule has 1 aromatic heterocycles. The lowest BCUT2D eigenvalue weighted by atomic mass is 10.1. The highest BCUT2D eigenvalue weighted by molar-refractivity contribution is 5.84. The number of amides is 1. The highest BCUT2D eigenvalue weighted by Crippen LogP contribution is 2.30. The highest BCUT2D eigenvalue weighted by atomic mass is 16.5. The van der Waals surface area contributed by atoms with Crippen LogP contribution in [0.5, 0.6) is 11.5 Å². The minimum absolute atomic E-state index is 0.0346. The fraction of sp³-hybridized carbons (Fsp3) is 0.368. The van der Waals surface area contributed by atoms with E-state index in [-0.39, 0.29) is 24.3 Å². The van der Waals surface area contributed by atoms with E-state index in [1.54, 1.807) is 19.2 Å². The van der Waals surface area contributed by atoms with E-state index in [4.69, 9.17) is 19.0 Å². The van der Waals surface area contributed by atoms with Crippen LogP contribution < -0.4 is 14.8 Å². The lowest BCUT2D eigenvalue weighted by Gasteiger charge is -2.32. The zero-order valence-electron chi connectivity index (χ0n) is 15.2. The van der Waals surface area contributed by atoms with Gasteiger partial charge in [-0.1, -0.05) is 6.07 Å². The molecule has 2 heterocycles. The van der Waals surface area contributed by atoms with Crippen LogP contribution >= 0.6 is 0 Å². The van der Waals surface area contributed by atoms with Gasteiger partial charge in [-0.05, 0) is 36.8 Å². The Kier molecular flexibility index (Phi) is 5.66. The fourth-order valence-electron chi connectivity index (χ4n) is 2.93. The summed E-state index contributed by atoms with van der Waals surface area (Å²) in [6.45, 7) is 4.04. The number of hydrogen-bond acceptors (Lipinski definition) is 6. The average Bonchev–Trinajstić information content (AvgIpc) is 3.13. The molecule has 144 valence electrons. The summed E-state index contributed by atoms with van der Waals surface area (Å²) >= 11 is 0. The minimum Gasteiger partial charge on any atom is -0.493 e. The number of nitrogens with zero attached hydrogens (tertiary/aromatic N) is 1. The van der Waals surface area contributed by atoms with Gasteiger partial charge < -0.3 is 24.3 Å². The Balaban J connectivity index is 1.66. The number of carbonyl (C=O) groups excluding carboxylic acids is 1. The molecule has 8 nitrogen and oxygen atoms in total. The first-order valence-electron chi connectivity index (χ1n) is 8.61. The largest absolute Gasteiger partial charge is 0.493 e. The summed E-state index contributed by atoms with van der Waals surface area (Å²) in [6.07, 6.45) is 0. The van der Waals surface area contributed by atoms with Gasteiger partial charge >= 0.3 is 5.97 Å². The number of hydrogen-bond donors (Lipinski definition) is 2. The second-order valence-corrected chi connectivity index (χ2v) is 6.28. The minimum atomic E-state index is -1.12. The van der Waals surface area contributed by atoms with Gasteiger partial charge in [0.25, 0.3) is 0 Å². The quantitative estimate of drug-likeness (QED) is 0.763. The van der Waals surface area contributed by atoms with Gasteiger partial charge in [-0.25, -0.2) is 4.79 Å². The molecule has 27 heavy (non-hydrogen) atoms. The molecule has 1 amide bonds. The van der Waals surface area contributed by atoms with Crippen molar-refractivity contribution in [3.63, 3.8) is 0 Å². The molecule has 0 bridgehead atoms. The molecule has 3 rings (SSSR count). The van der Waals surface area contributed by atoms with E-state index < -0.39 is 5.97 Å². The molecule has 1 atom stereocenters. The third kappa shape index (κ3) is 4.40. The monoisotopic (exact) mass is 374 g/mol. The van der Waals surface area contributed by atoms with Gasteiger partial charge in [-0.15, -0.1) is 0 Å². The summed E-state index contributed by atoms with van der Waals surface area (Å²) < 4.78 is 16.3. The SMILES string of the molecule is COc1cc(CN2CCNC(=O)C2C)ccc1OCc1ccc(C(=O)O)o1. The average molecular weight is 374 g/mol. The number of carboxylic acids is 1. The van der Waals surface area contributed by atoms with Crippen LogP contribution in [-0.4, -0.2) is 48.1 Å². The topological polar surface area (TPSA) is 101 Å². The number of carbonyl (C=O) groups is 2. The summed E-state index contributed by atoms with van der Waals surface area (Å²) in [4.78, 5) is 24.7. The van der Waals surface area contributed by atoms with Crippen molar-refractivity contribution >= 4 is 11.9 Å². The van der Waals surface area contributed by atoms with Crippen molar-refractivity contribution in [3.8, 4) is 11.5 Å². The number of rotatable bonds is 7. The van der Waals surface area contributed by atoms with Crippen molar-refractivity contribution in [2.24, 2.45) is 0 Å². The number of aromatic carboxylic acids is 1. The van der Waals surface area contributed by atoms with Crippen LogP contribution in [0.2, 0.25) is 0 Å². The molecular weight excluding hydrogens is 352 g/mol. The van der Waals surface area contributed by atoms with Gasteiger partial charge in [-0.3, -0.25) is 9.69 Å². The van der Waals surface area contributed by atoms with E-state index in [1.165, 1.54) is 6.07 Å². The second-order valence-electron chi connectivity index (χ2n) is 6.28. The molecule has 1 aromatic carbocycles. The van der Waals surface area contributed by atoms with Gasteiger partial charge in [0.1, 0.15) is 12.4 Å². The zero-order valence-corrected chi connectivity index (χ0v) is 15.2. The first-order valence-corrected chi connectivity index (χ1v) is 8.61. The molecular formula is C19H22N2O6. The van der Waals surface area contributed by atoms with E-state index in [9.17, 15) is 9.59 Å². The van der Waals surface area contributed by atoms with E-state index >= 15 is 0 Å². The molecule has 1 aliphatic heterocycles. The number of furan rings is 1. The summed E-state index contributed by atoms with van der Waals surface area (Å²) in [5.74, 6) is 0.282. The smallest absolute Gasteiger partial charge is 0.371 e. The molecule has 8 heteroatoms. The van der Waals surface area contributed by atoms with Crippen LogP contribution in [-0.2, 0) is 17.9 Å². The van der Waals surface area contributed by atoms with E-state index in [0.29, 0.717) is 30.3 Å². The van der Waals surface area contributed by atoms with Crippen molar-refractivity contribution in [1.29, 1.82) is 0 Å². The Morgan fingerprint density at radius 3 is 2.85 bits per heavy atom. The first kappa shape index (κ1) is 18.8. The number of ether oxygens (including phenoxy) is 2. The van der Waals surface area contributed by atoms with Crippen molar-refractivity contribution < 1.29 is 28.6 Å². The van der Waals surface area contributed by atoms with Crippen LogP contribution in [0.15, 0.2) is 34.7 Å². The van der Waals surface area contributed by atoms with Crippen LogP contribution in [0.3, 0.4) is 0 Å². The van der Waals surface area contributed by atoms with Crippen molar-refractivity contribution in [1.82, 2.24) is 10.2 Å². The molecule has 0 saturated carbocycles. The maximum Gasteiger partial charge on any atom is 0.371 e. The van der Waals surface area contributed by atoms with Gasteiger partial charge in [0.15, 0.2) is 11.5 Å². The number of methoxy groups -OCH3 is 1. The summed E-state index contributed by atoms with van der Waals surface area (Å²) in [6, 6.07) is 8.36. The standard InChI is InChI=1S/C19H22N2O6/c1-12-18(22)20-7-8-21(12)10-13-3-5-15(17(9-13)25-2)26-11-14-4-6-16(27-14)19(23)24/h3-6,9,12H,7-8,10-11H2,1-2H3,(H,20,22)(H,23,24). The Bertz CT molecular complexity index is 831. The van der Waals surface area contributed by atoms with Crippen LogP contribution in [0.4, 0.5) is 0 Å². The number of nitrogens with one attached hydrogen (secondary N) is 1.